The fourth-order valence-electron chi connectivity index (χ4n) is 1.49. The molecule has 0 saturated heterocycles. The SMILES string of the molecule is COCCOc1cccc([N+](=O)[O-])c1N(C)S(C)(=O)=O. The number of methoxy groups -OCH3 is 1. The summed E-state index contributed by atoms with van der Waals surface area (Å²) in [4.78, 5) is 10.4. The molecule has 1 aromatic carbocycles. The largest absolute Gasteiger partial charge is 0.489 e. The van der Waals surface area contributed by atoms with E-state index < -0.39 is 14.9 Å². The second-order valence-electron chi connectivity index (χ2n) is 3.95. The van der Waals surface area contributed by atoms with Gasteiger partial charge in [-0.3, -0.25) is 14.4 Å². The molecule has 0 aromatic heterocycles. The molecule has 0 amide bonds. The van der Waals surface area contributed by atoms with Gasteiger partial charge in [-0.15, -0.1) is 0 Å². The Hall–Kier alpha value is -1.87. The van der Waals surface area contributed by atoms with Crippen molar-refractivity contribution in [1.29, 1.82) is 0 Å². The molecule has 0 unspecified atom stereocenters. The van der Waals surface area contributed by atoms with E-state index in [9.17, 15) is 18.5 Å². The van der Waals surface area contributed by atoms with Crippen molar-refractivity contribution in [3.63, 3.8) is 0 Å². The zero-order valence-electron chi connectivity index (χ0n) is 11.4. The lowest BCUT2D eigenvalue weighted by atomic mass is 10.2. The van der Waals surface area contributed by atoms with E-state index in [0.717, 1.165) is 10.6 Å². The Kier molecular flexibility index (Phi) is 5.28. The summed E-state index contributed by atoms with van der Waals surface area (Å²) in [5.74, 6) is 0.115. The van der Waals surface area contributed by atoms with Crippen LogP contribution in [0.3, 0.4) is 0 Å². The van der Waals surface area contributed by atoms with E-state index in [4.69, 9.17) is 9.47 Å². The predicted molar refractivity (Wildman–Crippen MR) is 73.7 cm³/mol. The van der Waals surface area contributed by atoms with Gasteiger partial charge >= 0.3 is 0 Å². The smallest absolute Gasteiger partial charge is 0.297 e. The zero-order valence-corrected chi connectivity index (χ0v) is 12.2. The number of nitro groups is 1. The third kappa shape index (κ3) is 3.81. The van der Waals surface area contributed by atoms with Crippen LogP contribution in [-0.4, -0.2) is 47.0 Å². The van der Waals surface area contributed by atoms with Crippen LogP contribution in [0.25, 0.3) is 0 Å². The van der Waals surface area contributed by atoms with Crippen LogP contribution in [0.1, 0.15) is 0 Å². The number of nitrogens with zero attached hydrogens (tertiary/aromatic N) is 2. The van der Waals surface area contributed by atoms with Crippen molar-refractivity contribution >= 4 is 21.4 Å². The van der Waals surface area contributed by atoms with Crippen molar-refractivity contribution in [3.8, 4) is 5.75 Å². The molecule has 0 atom stereocenters. The first-order chi connectivity index (χ1) is 9.29. The van der Waals surface area contributed by atoms with E-state index in [1.165, 1.54) is 32.4 Å². The maximum atomic E-state index is 11.6. The van der Waals surface area contributed by atoms with E-state index in [-0.39, 0.29) is 30.3 Å². The Morgan fingerprint density at radius 3 is 2.50 bits per heavy atom. The molecule has 1 rings (SSSR count). The first kappa shape index (κ1) is 16.2. The highest BCUT2D eigenvalue weighted by atomic mass is 32.2. The molecule has 0 N–H and O–H groups in total. The number of hydrogen-bond acceptors (Lipinski definition) is 6. The predicted octanol–water partition coefficient (Wildman–Crippen LogP) is 1.02. The van der Waals surface area contributed by atoms with Crippen LogP contribution in [0.2, 0.25) is 0 Å². The molecule has 1 aromatic rings. The highest BCUT2D eigenvalue weighted by Gasteiger charge is 2.26. The second kappa shape index (κ2) is 6.53. The van der Waals surface area contributed by atoms with Crippen molar-refractivity contribution in [2.75, 3.05) is 37.9 Å². The highest BCUT2D eigenvalue weighted by Crippen LogP contribution is 2.37. The average Bonchev–Trinajstić information content (AvgIpc) is 2.36. The summed E-state index contributed by atoms with van der Waals surface area (Å²) >= 11 is 0. The van der Waals surface area contributed by atoms with Gasteiger partial charge in [-0.05, 0) is 6.07 Å². The van der Waals surface area contributed by atoms with E-state index in [0.29, 0.717) is 0 Å². The van der Waals surface area contributed by atoms with Crippen LogP contribution in [0.4, 0.5) is 11.4 Å². The van der Waals surface area contributed by atoms with Gasteiger partial charge in [-0.25, -0.2) is 8.42 Å². The van der Waals surface area contributed by atoms with E-state index >= 15 is 0 Å². The molecular formula is C11H16N2O6S. The molecule has 9 heteroatoms. The van der Waals surface area contributed by atoms with Gasteiger partial charge in [0.2, 0.25) is 10.0 Å². The molecule has 0 radical (unpaired) electrons. The molecule has 0 aliphatic heterocycles. The zero-order chi connectivity index (χ0) is 15.3. The van der Waals surface area contributed by atoms with Crippen LogP contribution in [0, 0.1) is 10.1 Å². The van der Waals surface area contributed by atoms with E-state index in [2.05, 4.69) is 0 Å². The maximum Gasteiger partial charge on any atom is 0.297 e. The van der Waals surface area contributed by atoms with Gasteiger partial charge in [0, 0.05) is 20.2 Å². The van der Waals surface area contributed by atoms with Gasteiger partial charge in [0.25, 0.3) is 5.69 Å². The normalized spacial score (nSPS) is 11.2. The Labute approximate surface area is 117 Å². The number of hydrogen-bond donors (Lipinski definition) is 0. The van der Waals surface area contributed by atoms with Gasteiger partial charge in [-0.1, -0.05) is 6.07 Å². The van der Waals surface area contributed by atoms with Crippen molar-refractivity contribution in [2.24, 2.45) is 0 Å². The highest BCUT2D eigenvalue weighted by molar-refractivity contribution is 7.92. The summed E-state index contributed by atoms with van der Waals surface area (Å²) in [5.41, 5.74) is -0.441. The fourth-order valence-corrected chi connectivity index (χ4v) is 2.01. The van der Waals surface area contributed by atoms with Gasteiger partial charge in [0.05, 0.1) is 17.8 Å². The molecule has 8 nitrogen and oxygen atoms in total. The Bertz CT molecular complexity index is 587. The number of benzene rings is 1. The molecular weight excluding hydrogens is 288 g/mol. The van der Waals surface area contributed by atoms with Crippen molar-refractivity contribution < 1.29 is 22.8 Å². The lowest BCUT2D eigenvalue weighted by Gasteiger charge is -2.20. The number of para-hydroxylation sites is 1. The Morgan fingerprint density at radius 1 is 1.35 bits per heavy atom. The lowest BCUT2D eigenvalue weighted by Crippen LogP contribution is -2.26. The summed E-state index contributed by atoms with van der Waals surface area (Å²) in [6.45, 7) is 0.437. The van der Waals surface area contributed by atoms with Crippen molar-refractivity contribution in [2.45, 2.75) is 0 Å². The molecule has 0 heterocycles. The third-order valence-corrected chi connectivity index (χ3v) is 3.71. The van der Waals surface area contributed by atoms with Crippen molar-refractivity contribution in [1.82, 2.24) is 0 Å². The van der Waals surface area contributed by atoms with Crippen LogP contribution in [-0.2, 0) is 14.8 Å². The molecule has 0 saturated carbocycles. The number of anilines is 1. The van der Waals surface area contributed by atoms with Gasteiger partial charge < -0.3 is 9.47 Å². The minimum absolute atomic E-state index is 0.101. The topological polar surface area (TPSA) is 99.0 Å². The lowest BCUT2D eigenvalue weighted by molar-refractivity contribution is -0.384. The molecule has 0 spiro atoms. The number of ether oxygens (including phenoxy) is 2. The number of rotatable bonds is 7. The monoisotopic (exact) mass is 304 g/mol. The first-order valence-corrected chi connectivity index (χ1v) is 7.47. The Morgan fingerprint density at radius 2 is 2.00 bits per heavy atom. The van der Waals surface area contributed by atoms with Gasteiger partial charge in [0.15, 0.2) is 11.4 Å². The quantitative estimate of drug-likeness (QED) is 0.423. The third-order valence-electron chi connectivity index (χ3n) is 2.53. The number of sulfonamides is 1. The van der Waals surface area contributed by atoms with Crippen molar-refractivity contribution in [3.05, 3.63) is 28.3 Å². The molecule has 112 valence electrons. The van der Waals surface area contributed by atoms with E-state index in [1.54, 1.807) is 0 Å². The number of nitro benzene ring substituents is 1. The van der Waals surface area contributed by atoms with Gasteiger partial charge in [0.1, 0.15) is 6.61 Å². The first-order valence-electron chi connectivity index (χ1n) is 5.62. The summed E-state index contributed by atoms with van der Waals surface area (Å²) in [5, 5.41) is 11.0. The molecule has 0 bridgehead atoms. The molecule has 0 aliphatic rings. The summed E-state index contributed by atoms with van der Waals surface area (Å²) < 4.78 is 34.2. The average molecular weight is 304 g/mol. The van der Waals surface area contributed by atoms with Crippen LogP contribution in [0.15, 0.2) is 18.2 Å². The maximum absolute atomic E-state index is 11.6. The molecule has 0 fully saturated rings. The van der Waals surface area contributed by atoms with Crippen LogP contribution in [0.5, 0.6) is 5.75 Å². The fraction of sp³-hybridized carbons (Fsp3) is 0.455. The van der Waals surface area contributed by atoms with E-state index in [1.807, 2.05) is 0 Å². The standard InChI is InChI=1S/C11H16N2O6S/c1-12(20(3,16)17)11-9(13(14)15)5-4-6-10(11)19-8-7-18-2/h4-6H,7-8H2,1-3H3. The minimum Gasteiger partial charge on any atom is -0.489 e. The summed E-state index contributed by atoms with van der Waals surface area (Å²) in [6, 6.07) is 4.12. The second-order valence-corrected chi connectivity index (χ2v) is 5.97. The molecule has 0 aliphatic carbocycles. The van der Waals surface area contributed by atoms with Crippen LogP contribution < -0.4 is 9.04 Å². The minimum atomic E-state index is -3.65. The Balaban J connectivity index is 3.30. The van der Waals surface area contributed by atoms with Crippen LogP contribution >= 0.6 is 0 Å². The molecule has 20 heavy (non-hydrogen) atoms. The summed E-state index contributed by atoms with van der Waals surface area (Å²) in [7, 11) is -0.924. The summed E-state index contributed by atoms with van der Waals surface area (Å²) in [6.07, 6.45) is 0.961. The van der Waals surface area contributed by atoms with Gasteiger partial charge in [-0.2, -0.15) is 0 Å².